The number of ether oxygens (including phenoxy) is 2. The number of aliphatic hydroxyl groups is 1. The van der Waals surface area contributed by atoms with Crippen molar-refractivity contribution in [3.63, 3.8) is 0 Å². The summed E-state index contributed by atoms with van der Waals surface area (Å²) >= 11 is 0. The second-order valence-electron chi connectivity index (χ2n) is 6.36. The molecule has 1 aliphatic rings. The molecule has 1 amide bonds. The monoisotopic (exact) mass is 288 g/mol. The van der Waals surface area contributed by atoms with Crippen LogP contribution in [0.3, 0.4) is 0 Å². The van der Waals surface area contributed by atoms with Gasteiger partial charge in [0.05, 0.1) is 12.7 Å². The second kappa shape index (κ2) is 7.81. The largest absolute Gasteiger partial charge is 0.444 e. The second-order valence-corrected chi connectivity index (χ2v) is 6.36. The fourth-order valence-electron chi connectivity index (χ4n) is 2.11. The van der Waals surface area contributed by atoms with Gasteiger partial charge in [0, 0.05) is 19.2 Å². The Kier molecular flexibility index (Phi) is 6.71. The van der Waals surface area contributed by atoms with Crippen molar-refractivity contribution in [1.82, 2.24) is 10.6 Å². The van der Waals surface area contributed by atoms with E-state index >= 15 is 0 Å². The standard InChI is InChI=1S/C14H28N2O4/c1-14(2,3)20-13(18)16-11-7-10(8-11)15-6-5-12(17)9-19-4/h10-12,15,17H,5-9H2,1-4H3,(H,16,18). The van der Waals surface area contributed by atoms with Crippen molar-refractivity contribution in [3.8, 4) is 0 Å². The van der Waals surface area contributed by atoms with Gasteiger partial charge in [0.1, 0.15) is 5.60 Å². The number of carbonyl (C=O) groups excluding carboxylic acids is 1. The summed E-state index contributed by atoms with van der Waals surface area (Å²) in [5.41, 5.74) is -0.455. The van der Waals surface area contributed by atoms with E-state index in [1.165, 1.54) is 0 Å². The molecule has 1 atom stereocenters. The van der Waals surface area contributed by atoms with E-state index in [2.05, 4.69) is 10.6 Å². The molecule has 20 heavy (non-hydrogen) atoms. The number of hydrogen-bond donors (Lipinski definition) is 3. The summed E-state index contributed by atoms with van der Waals surface area (Å²) < 4.78 is 10.1. The summed E-state index contributed by atoms with van der Waals surface area (Å²) in [6, 6.07) is 0.593. The van der Waals surface area contributed by atoms with Gasteiger partial charge >= 0.3 is 6.09 Å². The van der Waals surface area contributed by atoms with Crippen LogP contribution in [0.15, 0.2) is 0 Å². The van der Waals surface area contributed by atoms with Gasteiger partial charge in [-0.25, -0.2) is 4.79 Å². The molecule has 0 aromatic rings. The number of hydrogen-bond acceptors (Lipinski definition) is 5. The molecule has 0 radical (unpaired) electrons. The van der Waals surface area contributed by atoms with Gasteiger partial charge in [0.25, 0.3) is 0 Å². The van der Waals surface area contributed by atoms with Gasteiger partial charge in [0.15, 0.2) is 0 Å². The molecule has 0 spiro atoms. The molecule has 1 saturated carbocycles. The first-order valence-electron chi connectivity index (χ1n) is 7.20. The van der Waals surface area contributed by atoms with Crippen LogP contribution in [0.5, 0.6) is 0 Å². The van der Waals surface area contributed by atoms with Crippen molar-refractivity contribution in [1.29, 1.82) is 0 Å². The third kappa shape index (κ3) is 7.07. The number of alkyl carbamates (subject to hydrolysis) is 1. The lowest BCUT2D eigenvalue weighted by Gasteiger charge is -2.37. The molecule has 0 saturated heterocycles. The van der Waals surface area contributed by atoms with Crippen molar-refractivity contribution < 1.29 is 19.4 Å². The first-order chi connectivity index (χ1) is 9.30. The molecule has 1 rings (SSSR count). The van der Waals surface area contributed by atoms with Gasteiger partial charge in [-0.15, -0.1) is 0 Å². The maximum absolute atomic E-state index is 11.5. The van der Waals surface area contributed by atoms with E-state index in [-0.39, 0.29) is 12.1 Å². The molecule has 0 heterocycles. The van der Waals surface area contributed by atoms with Crippen molar-refractivity contribution in [2.45, 2.75) is 63.8 Å². The van der Waals surface area contributed by atoms with E-state index in [9.17, 15) is 9.90 Å². The minimum Gasteiger partial charge on any atom is -0.444 e. The predicted molar refractivity (Wildman–Crippen MR) is 76.7 cm³/mol. The highest BCUT2D eigenvalue weighted by Crippen LogP contribution is 2.20. The van der Waals surface area contributed by atoms with Gasteiger partial charge in [-0.2, -0.15) is 0 Å². The molecular formula is C14H28N2O4. The summed E-state index contributed by atoms with van der Waals surface area (Å²) in [5.74, 6) is 0. The number of aliphatic hydroxyl groups excluding tert-OH is 1. The molecule has 6 heteroatoms. The number of nitrogens with one attached hydrogen (secondary N) is 2. The van der Waals surface area contributed by atoms with Crippen LogP contribution in [-0.2, 0) is 9.47 Å². The SMILES string of the molecule is COCC(O)CCNC1CC(NC(=O)OC(C)(C)C)C1. The fourth-order valence-corrected chi connectivity index (χ4v) is 2.11. The molecule has 0 aromatic carbocycles. The van der Waals surface area contributed by atoms with Crippen molar-refractivity contribution >= 4 is 6.09 Å². The Hall–Kier alpha value is -0.850. The Morgan fingerprint density at radius 2 is 2.00 bits per heavy atom. The quantitative estimate of drug-likeness (QED) is 0.652. The predicted octanol–water partition coefficient (Wildman–Crippen LogP) is 1.03. The Balaban J connectivity index is 2.04. The maximum Gasteiger partial charge on any atom is 0.407 e. The van der Waals surface area contributed by atoms with Crippen LogP contribution < -0.4 is 10.6 Å². The maximum atomic E-state index is 11.5. The molecular weight excluding hydrogens is 260 g/mol. The molecule has 1 aliphatic carbocycles. The zero-order chi connectivity index (χ0) is 15.2. The molecule has 1 fully saturated rings. The van der Waals surface area contributed by atoms with Crippen LogP contribution in [0, 0.1) is 0 Å². The van der Waals surface area contributed by atoms with Crippen LogP contribution in [-0.4, -0.2) is 55.2 Å². The van der Waals surface area contributed by atoms with Gasteiger partial charge in [-0.1, -0.05) is 0 Å². The average molecular weight is 288 g/mol. The highest BCUT2D eigenvalue weighted by Gasteiger charge is 2.31. The van der Waals surface area contributed by atoms with Gasteiger partial charge in [0.2, 0.25) is 0 Å². The number of amides is 1. The number of carbonyl (C=O) groups is 1. The Bertz CT molecular complexity index is 298. The summed E-state index contributed by atoms with van der Waals surface area (Å²) in [5, 5.41) is 15.7. The molecule has 0 bridgehead atoms. The van der Waals surface area contributed by atoms with Crippen molar-refractivity contribution in [3.05, 3.63) is 0 Å². The third-order valence-corrected chi connectivity index (χ3v) is 3.13. The van der Waals surface area contributed by atoms with Crippen LogP contribution in [0.1, 0.15) is 40.0 Å². The molecule has 0 aliphatic heterocycles. The summed E-state index contributed by atoms with van der Waals surface area (Å²) in [4.78, 5) is 11.5. The summed E-state index contributed by atoms with van der Waals surface area (Å²) in [6.07, 6.45) is 1.72. The van der Waals surface area contributed by atoms with E-state index in [0.717, 1.165) is 19.4 Å². The molecule has 6 nitrogen and oxygen atoms in total. The van der Waals surface area contributed by atoms with Gasteiger partial charge in [-0.05, 0) is 46.6 Å². The zero-order valence-electron chi connectivity index (χ0n) is 12.9. The molecule has 118 valence electrons. The lowest BCUT2D eigenvalue weighted by atomic mass is 9.87. The first-order valence-corrected chi connectivity index (χ1v) is 7.20. The van der Waals surface area contributed by atoms with Crippen molar-refractivity contribution in [2.75, 3.05) is 20.3 Å². The molecule has 3 N–H and O–H groups in total. The topological polar surface area (TPSA) is 79.8 Å². The highest BCUT2D eigenvalue weighted by atomic mass is 16.6. The Morgan fingerprint density at radius 3 is 2.55 bits per heavy atom. The smallest absolute Gasteiger partial charge is 0.407 e. The van der Waals surface area contributed by atoms with E-state index in [1.54, 1.807) is 7.11 Å². The van der Waals surface area contributed by atoms with Gasteiger partial charge in [-0.3, -0.25) is 0 Å². The van der Waals surface area contributed by atoms with E-state index in [1.807, 2.05) is 20.8 Å². The number of rotatable bonds is 7. The van der Waals surface area contributed by atoms with E-state index in [4.69, 9.17) is 9.47 Å². The Labute approximate surface area is 121 Å². The molecule has 0 aromatic heterocycles. The highest BCUT2D eigenvalue weighted by molar-refractivity contribution is 5.68. The first kappa shape index (κ1) is 17.2. The molecule has 1 unspecified atom stereocenters. The van der Waals surface area contributed by atoms with Crippen LogP contribution >= 0.6 is 0 Å². The van der Waals surface area contributed by atoms with Crippen LogP contribution in [0.25, 0.3) is 0 Å². The average Bonchev–Trinajstić information content (AvgIpc) is 2.23. The fraction of sp³-hybridized carbons (Fsp3) is 0.929. The van der Waals surface area contributed by atoms with Crippen LogP contribution in [0.4, 0.5) is 4.79 Å². The third-order valence-electron chi connectivity index (χ3n) is 3.13. The lowest BCUT2D eigenvalue weighted by Crippen LogP contribution is -2.53. The zero-order valence-corrected chi connectivity index (χ0v) is 12.9. The van der Waals surface area contributed by atoms with E-state index in [0.29, 0.717) is 19.1 Å². The Morgan fingerprint density at radius 1 is 1.35 bits per heavy atom. The van der Waals surface area contributed by atoms with E-state index < -0.39 is 11.7 Å². The summed E-state index contributed by atoms with van der Waals surface area (Å²) in [7, 11) is 1.58. The normalized spacial score (nSPS) is 23.9. The lowest BCUT2D eigenvalue weighted by molar-refractivity contribution is 0.0459. The summed E-state index contributed by atoms with van der Waals surface area (Å²) in [6.45, 7) is 6.68. The van der Waals surface area contributed by atoms with Crippen molar-refractivity contribution in [2.24, 2.45) is 0 Å². The minimum absolute atomic E-state index is 0.186. The van der Waals surface area contributed by atoms with Crippen LogP contribution in [0.2, 0.25) is 0 Å². The minimum atomic E-state index is -0.455. The van der Waals surface area contributed by atoms with Gasteiger partial charge < -0.3 is 25.2 Å². The number of methoxy groups -OCH3 is 1.